The average Bonchev–Trinajstić information content (AvgIpc) is 2.26. The van der Waals surface area contributed by atoms with Crippen molar-refractivity contribution in [2.45, 2.75) is 33.6 Å². The van der Waals surface area contributed by atoms with Gasteiger partial charge in [0.15, 0.2) is 0 Å². The van der Waals surface area contributed by atoms with Crippen LogP contribution < -0.4 is 4.74 Å². The molecule has 0 aliphatic heterocycles. The molecule has 0 bridgehead atoms. The third-order valence-corrected chi connectivity index (χ3v) is 2.90. The molecule has 1 unspecified atom stereocenters. The molecule has 0 fully saturated rings. The van der Waals surface area contributed by atoms with E-state index in [1.54, 1.807) is 6.07 Å². The Morgan fingerprint density at radius 1 is 1.28 bits per heavy atom. The number of ether oxygens (including phenoxy) is 1. The van der Waals surface area contributed by atoms with E-state index in [0.717, 1.165) is 6.42 Å². The van der Waals surface area contributed by atoms with Crippen LogP contribution in [0.4, 0.5) is 8.78 Å². The summed E-state index contributed by atoms with van der Waals surface area (Å²) in [4.78, 5) is 3.75. The van der Waals surface area contributed by atoms with Gasteiger partial charge in [0.2, 0.25) is 0 Å². The second kappa shape index (κ2) is 7.02. The number of rotatable bonds is 6. The molecule has 1 rings (SSSR count). The van der Waals surface area contributed by atoms with Crippen LogP contribution in [0.3, 0.4) is 0 Å². The minimum Gasteiger partial charge on any atom is -0.491 e. The van der Waals surface area contributed by atoms with Crippen LogP contribution in [-0.4, -0.2) is 11.6 Å². The van der Waals surface area contributed by atoms with Crippen molar-refractivity contribution in [2.24, 2.45) is 11.8 Å². The Morgan fingerprint density at radius 3 is 2.50 bits per heavy atom. The molecule has 0 radical (unpaired) electrons. The molecule has 2 nitrogen and oxygen atoms in total. The van der Waals surface area contributed by atoms with E-state index in [-0.39, 0.29) is 11.4 Å². The van der Waals surface area contributed by atoms with E-state index in [9.17, 15) is 8.78 Å². The fourth-order valence-corrected chi connectivity index (χ4v) is 2.14. The van der Waals surface area contributed by atoms with Crippen LogP contribution in [0.15, 0.2) is 16.7 Å². The normalized spacial score (nSPS) is 13.1. The van der Waals surface area contributed by atoms with Gasteiger partial charge in [0, 0.05) is 0 Å². The number of aromatic nitrogens is 1. The van der Waals surface area contributed by atoms with Gasteiger partial charge in [-0.05, 0) is 46.3 Å². The number of hydrogen-bond acceptors (Lipinski definition) is 2. The van der Waals surface area contributed by atoms with Gasteiger partial charge < -0.3 is 4.74 Å². The van der Waals surface area contributed by atoms with Gasteiger partial charge in [0.25, 0.3) is 6.43 Å². The van der Waals surface area contributed by atoms with E-state index in [0.29, 0.717) is 23.0 Å². The molecule has 0 saturated heterocycles. The Kier molecular flexibility index (Phi) is 5.99. The van der Waals surface area contributed by atoms with E-state index >= 15 is 0 Å². The summed E-state index contributed by atoms with van der Waals surface area (Å²) in [6.07, 6.45) is -1.62. The Morgan fingerprint density at radius 2 is 1.94 bits per heavy atom. The smallest absolute Gasteiger partial charge is 0.284 e. The van der Waals surface area contributed by atoms with Crippen LogP contribution in [0, 0.1) is 11.8 Å². The number of nitrogens with zero attached hydrogens (tertiary/aromatic N) is 1. The van der Waals surface area contributed by atoms with Crippen LogP contribution in [0.25, 0.3) is 0 Å². The van der Waals surface area contributed by atoms with E-state index in [2.05, 4.69) is 34.8 Å². The first-order valence-electron chi connectivity index (χ1n) is 5.97. The molecule has 18 heavy (non-hydrogen) atoms. The van der Waals surface area contributed by atoms with Gasteiger partial charge in [-0.15, -0.1) is 0 Å². The van der Waals surface area contributed by atoms with Gasteiger partial charge in [-0.25, -0.2) is 13.8 Å². The summed E-state index contributed by atoms with van der Waals surface area (Å²) in [5, 5.41) is 0. The maximum absolute atomic E-state index is 12.8. The third kappa shape index (κ3) is 4.88. The van der Waals surface area contributed by atoms with Crippen molar-refractivity contribution in [3.05, 3.63) is 22.4 Å². The molecule has 1 heterocycles. The van der Waals surface area contributed by atoms with Crippen LogP contribution in [0.5, 0.6) is 5.75 Å². The Bertz CT molecular complexity index is 385. The van der Waals surface area contributed by atoms with Crippen molar-refractivity contribution in [1.29, 1.82) is 0 Å². The molecule has 0 aliphatic carbocycles. The van der Waals surface area contributed by atoms with Crippen molar-refractivity contribution in [1.82, 2.24) is 4.98 Å². The van der Waals surface area contributed by atoms with Crippen LogP contribution >= 0.6 is 15.9 Å². The number of alkyl halides is 2. The van der Waals surface area contributed by atoms with E-state index in [1.807, 2.05) is 6.92 Å². The highest BCUT2D eigenvalue weighted by Crippen LogP contribution is 2.29. The first-order chi connectivity index (χ1) is 8.40. The second-order valence-corrected chi connectivity index (χ2v) is 5.68. The van der Waals surface area contributed by atoms with Crippen molar-refractivity contribution in [3.8, 4) is 5.75 Å². The molecule has 102 valence electrons. The molecule has 1 aromatic rings. The van der Waals surface area contributed by atoms with Gasteiger partial charge in [0.05, 0.1) is 6.61 Å². The van der Waals surface area contributed by atoms with Crippen molar-refractivity contribution in [3.63, 3.8) is 0 Å². The van der Waals surface area contributed by atoms with Crippen LogP contribution in [0.2, 0.25) is 0 Å². The first-order valence-corrected chi connectivity index (χ1v) is 6.76. The summed E-state index contributed by atoms with van der Waals surface area (Å²) in [5.74, 6) is 1.07. The topological polar surface area (TPSA) is 22.1 Å². The lowest BCUT2D eigenvalue weighted by molar-refractivity contribution is 0.136. The standard InChI is InChI=1S/C13H18BrF2NO/c1-8(2)6-9(3)7-18-10-4-5-11(14)17-12(10)13(15)16/h4-5,8-9,13H,6-7H2,1-3H3. The molecule has 0 aliphatic rings. The maximum atomic E-state index is 12.8. The molecule has 1 aromatic heterocycles. The summed E-state index contributed by atoms with van der Waals surface area (Å²) in [7, 11) is 0. The quantitative estimate of drug-likeness (QED) is 0.699. The summed E-state index contributed by atoms with van der Waals surface area (Å²) in [6, 6.07) is 3.13. The molecular formula is C13H18BrF2NO. The summed E-state index contributed by atoms with van der Waals surface area (Å²) in [6.45, 7) is 6.74. The molecule has 5 heteroatoms. The monoisotopic (exact) mass is 321 g/mol. The lowest BCUT2D eigenvalue weighted by Gasteiger charge is -2.16. The summed E-state index contributed by atoms with van der Waals surface area (Å²) in [5.41, 5.74) is -0.305. The van der Waals surface area contributed by atoms with Gasteiger partial charge in [0.1, 0.15) is 16.0 Å². The fraction of sp³-hybridized carbons (Fsp3) is 0.615. The summed E-state index contributed by atoms with van der Waals surface area (Å²) < 4.78 is 31.4. The molecule has 0 amide bonds. The van der Waals surface area contributed by atoms with Gasteiger partial charge >= 0.3 is 0 Å². The van der Waals surface area contributed by atoms with Crippen molar-refractivity contribution >= 4 is 15.9 Å². The van der Waals surface area contributed by atoms with Crippen molar-refractivity contribution in [2.75, 3.05) is 6.61 Å². The number of hydrogen-bond donors (Lipinski definition) is 0. The van der Waals surface area contributed by atoms with Crippen LogP contribution in [-0.2, 0) is 0 Å². The van der Waals surface area contributed by atoms with E-state index < -0.39 is 6.43 Å². The lowest BCUT2D eigenvalue weighted by Crippen LogP contribution is -2.12. The SMILES string of the molecule is CC(C)CC(C)COc1ccc(Br)nc1C(F)F. The minimum absolute atomic E-state index is 0.170. The fourth-order valence-electron chi connectivity index (χ4n) is 1.82. The number of halogens is 3. The highest BCUT2D eigenvalue weighted by molar-refractivity contribution is 9.10. The largest absolute Gasteiger partial charge is 0.491 e. The lowest BCUT2D eigenvalue weighted by atomic mass is 10.00. The molecule has 0 spiro atoms. The zero-order valence-electron chi connectivity index (χ0n) is 10.8. The van der Waals surface area contributed by atoms with E-state index in [1.165, 1.54) is 6.07 Å². The molecule has 1 atom stereocenters. The molecule has 0 aromatic carbocycles. The van der Waals surface area contributed by atoms with Crippen LogP contribution in [0.1, 0.15) is 39.3 Å². The van der Waals surface area contributed by atoms with E-state index in [4.69, 9.17) is 4.74 Å². The Hall–Kier alpha value is -0.710. The average molecular weight is 322 g/mol. The zero-order valence-corrected chi connectivity index (χ0v) is 12.4. The summed E-state index contributed by atoms with van der Waals surface area (Å²) >= 11 is 3.08. The van der Waals surface area contributed by atoms with Gasteiger partial charge in [-0.1, -0.05) is 20.8 Å². The highest BCUT2D eigenvalue weighted by Gasteiger charge is 2.17. The second-order valence-electron chi connectivity index (χ2n) is 4.86. The number of pyridine rings is 1. The van der Waals surface area contributed by atoms with Gasteiger partial charge in [-0.2, -0.15) is 0 Å². The molecular weight excluding hydrogens is 304 g/mol. The highest BCUT2D eigenvalue weighted by atomic mass is 79.9. The predicted molar refractivity (Wildman–Crippen MR) is 71.0 cm³/mol. The predicted octanol–water partition coefficient (Wildman–Crippen LogP) is 4.84. The van der Waals surface area contributed by atoms with Gasteiger partial charge in [-0.3, -0.25) is 0 Å². The molecule has 0 N–H and O–H groups in total. The first kappa shape index (κ1) is 15.3. The Labute approximate surface area is 115 Å². The maximum Gasteiger partial charge on any atom is 0.284 e. The third-order valence-electron chi connectivity index (χ3n) is 2.46. The Balaban J connectivity index is 2.67. The molecule has 0 saturated carbocycles. The minimum atomic E-state index is -2.63. The zero-order chi connectivity index (χ0) is 13.7. The van der Waals surface area contributed by atoms with Crippen molar-refractivity contribution < 1.29 is 13.5 Å².